The molecule has 10 heteroatoms. The number of benzene rings is 3. The largest absolute Gasteiger partial charge is 0.494 e. The molecule has 204 valence electrons. The molecule has 2 aromatic heterocycles. The lowest BCUT2D eigenvalue weighted by molar-refractivity contribution is 0.0832. The molecule has 0 saturated carbocycles. The van der Waals surface area contributed by atoms with Crippen molar-refractivity contribution in [3.8, 4) is 5.75 Å². The summed E-state index contributed by atoms with van der Waals surface area (Å²) in [6, 6.07) is 20.7. The molecule has 1 atom stereocenters. The van der Waals surface area contributed by atoms with Crippen molar-refractivity contribution in [2.75, 3.05) is 13.2 Å². The Bertz CT molecular complexity index is 1620. The first-order valence-corrected chi connectivity index (χ1v) is 13.8. The van der Waals surface area contributed by atoms with E-state index in [1.807, 2.05) is 60.7 Å². The second kappa shape index (κ2) is 11.6. The van der Waals surface area contributed by atoms with Gasteiger partial charge in [-0.3, -0.25) is 9.58 Å². The third kappa shape index (κ3) is 5.50. The van der Waals surface area contributed by atoms with E-state index in [9.17, 15) is 4.79 Å². The fourth-order valence-corrected chi connectivity index (χ4v) is 5.52. The summed E-state index contributed by atoms with van der Waals surface area (Å²) in [7, 11) is 0. The maximum atomic E-state index is 13.5. The quantitative estimate of drug-likeness (QED) is 0.205. The number of hydrogen-bond acceptors (Lipinski definition) is 5. The monoisotopic (exact) mass is 575 g/mol. The maximum absolute atomic E-state index is 13.5. The second-order valence-corrected chi connectivity index (χ2v) is 10.5. The van der Waals surface area contributed by atoms with Gasteiger partial charge < -0.3 is 14.5 Å². The Morgan fingerprint density at radius 2 is 1.93 bits per heavy atom. The highest BCUT2D eigenvalue weighted by Gasteiger charge is 2.35. The molecule has 1 aliphatic rings. The summed E-state index contributed by atoms with van der Waals surface area (Å²) in [4.78, 5) is 22.8. The van der Waals surface area contributed by atoms with Crippen LogP contribution in [0.25, 0.3) is 10.9 Å². The smallest absolute Gasteiger partial charge is 0.410 e. The summed E-state index contributed by atoms with van der Waals surface area (Å²) in [6.07, 6.45) is 4.30. The van der Waals surface area contributed by atoms with Gasteiger partial charge >= 0.3 is 6.09 Å². The highest BCUT2D eigenvalue weighted by atomic mass is 35.5. The Morgan fingerprint density at radius 1 is 1.07 bits per heavy atom. The summed E-state index contributed by atoms with van der Waals surface area (Å²) in [5.41, 5.74) is 4.81. The summed E-state index contributed by atoms with van der Waals surface area (Å²) in [5, 5.41) is 6.43. The van der Waals surface area contributed by atoms with Crippen LogP contribution in [0.4, 0.5) is 4.79 Å². The van der Waals surface area contributed by atoms with E-state index in [1.54, 1.807) is 22.0 Å². The van der Waals surface area contributed by atoms with Gasteiger partial charge in [0.1, 0.15) is 31.1 Å². The summed E-state index contributed by atoms with van der Waals surface area (Å²) in [6.45, 7) is 1.88. The van der Waals surface area contributed by atoms with E-state index in [0.717, 1.165) is 52.0 Å². The van der Waals surface area contributed by atoms with Gasteiger partial charge in [-0.25, -0.2) is 9.78 Å². The van der Waals surface area contributed by atoms with Crippen molar-refractivity contribution in [2.45, 2.75) is 32.0 Å². The molecule has 1 N–H and O–H groups in total. The van der Waals surface area contributed by atoms with Crippen LogP contribution < -0.4 is 4.74 Å². The topological polar surface area (TPSA) is 85.3 Å². The number of aryl methyl sites for hydroxylation is 1. The van der Waals surface area contributed by atoms with E-state index in [2.05, 4.69) is 15.1 Å². The van der Waals surface area contributed by atoms with Gasteiger partial charge in [0.05, 0.1) is 6.61 Å². The first kappa shape index (κ1) is 26.2. The molecule has 6 rings (SSSR count). The van der Waals surface area contributed by atoms with Gasteiger partial charge in [0.15, 0.2) is 0 Å². The van der Waals surface area contributed by atoms with Gasteiger partial charge in [0, 0.05) is 51.7 Å². The van der Waals surface area contributed by atoms with Gasteiger partial charge in [-0.1, -0.05) is 53.5 Å². The van der Waals surface area contributed by atoms with Gasteiger partial charge in [-0.15, -0.1) is 0 Å². The molecular weight excluding hydrogens is 549 g/mol. The van der Waals surface area contributed by atoms with Crippen molar-refractivity contribution in [3.63, 3.8) is 0 Å². The predicted octanol–water partition coefficient (Wildman–Crippen LogP) is 6.82. The molecule has 40 heavy (non-hydrogen) atoms. The lowest BCUT2D eigenvalue weighted by Gasteiger charge is -2.35. The van der Waals surface area contributed by atoms with E-state index >= 15 is 0 Å². The number of carbonyl (C=O) groups is 1. The number of ether oxygens (including phenoxy) is 2. The molecule has 3 heterocycles. The van der Waals surface area contributed by atoms with Crippen LogP contribution in [0.1, 0.15) is 34.8 Å². The number of halogens is 2. The maximum Gasteiger partial charge on any atom is 0.410 e. The van der Waals surface area contributed by atoms with Gasteiger partial charge in [0.25, 0.3) is 0 Å². The van der Waals surface area contributed by atoms with Crippen LogP contribution in [0.15, 0.2) is 79.4 Å². The van der Waals surface area contributed by atoms with E-state index in [4.69, 9.17) is 32.7 Å². The zero-order valence-corrected chi connectivity index (χ0v) is 23.1. The molecule has 5 aromatic rings. The third-order valence-electron chi connectivity index (χ3n) is 7.10. The normalized spacial score (nSPS) is 14.8. The third-order valence-corrected chi connectivity index (χ3v) is 7.70. The number of amides is 1. The molecule has 1 aliphatic heterocycles. The van der Waals surface area contributed by atoms with Crippen molar-refractivity contribution >= 4 is 40.2 Å². The van der Waals surface area contributed by atoms with Crippen molar-refractivity contribution < 1.29 is 14.3 Å². The van der Waals surface area contributed by atoms with Crippen molar-refractivity contribution in [1.82, 2.24) is 24.6 Å². The molecular formula is C30H27Cl2N5O3. The molecule has 1 amide bonds. The van der Waals surface area contributed by atoms with Gasteiger partial charge in [-0.05, 0) is 53.9 Å². The van der Waals surface area contributed by atoms with Crippen molar-refractivity contribution in [1.29, 1.82) is 0 Å². The van der Waals surface area contributed by atoms with Crippen LogP contribution in [-0.2, 0) is 24.3 Å². The van der Waals surface area contributed by atoms with Crippen LogP contribution in [0.2, 0.25) is 10.0 Å². The number of nitrogens with one attached hydrogen (secondary N) is 1. The summed E-state index contributed by atoms with van der Waals surface area (Å²) in [5.74, 6) is 0.759. The number of hydrogen-bond donors (Lipinski definition) is 1. The number of carbonyl (C=O) groups excluding carboxylic acids is 1. The fourth-order valence-electron chi connectivity index (χ4n) is 5.15. The van der Waals surface area contributed by atoms with Crippen LogP contribution >= 0.6 is 23.2 Å². The minimum absolute atomic E-state index is 0.0955. The van der Waals surface area contributed by atoms with E-state index < -0.39 is 6.09 Å². The van der Waals surface area contributed by atoms with E-state index in [0.29, 0.717) is 29.6 Å². The first-order valence-electron chi connectivity index (χ1n) is 13.1. The number of H-pyrrole nitrogens is 1. The number of fused-ring (bicyclic) bond motifs is 3. The van der Waals surface area contributed by atoms with Crippen molar-refractivity contribution in [2.24, 2.45) is 0 Å². The molecule has 0 saturated heterocycles. The first-order chi connectivity index (χ1) is 19.6. The SMILES string of the molecule is O=C(OCc1ccccc1Cl)N1CCc2c([nH]c3ccc(Cl)cc23)C1c1ccc(OCCCn2cncn2)cc1. The molecule has 0 fully saturated rings. The van der Waals surface area contributed by atoms with Gasteiger partial charge in [0.2, 0.25) is 0 Å². The zero-order valence-electron chi connectivity index (χ0n) is 21.6. The average molecular weight is 576 g/mol. The molecule has 0 spiro atoms. The predicted molar refractivity (Wildman–Crippen MR) is 154 cm³/mol. The van der Waals surface area contributed by atoms with Crippen LogP contribution in [0.3, 0.4) is 0 Å². The summed E-state index contributed by atoms with van der Waals surface area (Å²) >= 11 is 12.6. The minimum atomic E-state index is -0.402. The lowest BCUT2D eigenvalue weighted by Crippen LogP contribution is -2.40. The second-order valence-electron chi connectivity index (χ2n) is 9.63. The lowest BCUT2D eigenvalue weighted by atomic mass is 9.92. The zero-order chi connectivity index (χ0) is 27.5. The molecule has 0 radical (unpaired) electrons. The van der Waals surface area contributed by atoms with Gasteiger partial charge in [-0.2, -0.15) is 5.10 Å². The van der Waals surface area contributed by atoms with Crippen LogP contribution in [0, 0.1) is 0 Å². The Kier molecular flexibility index (Phi) is 7.62. The van der Waals surface area contributed by atoms with E-state index in [-0.39, 0.29) is 12.6 Å². The Morgan fingerprint density at radius 3 is 2.73 bits per heavy atom. The number of aromatic nitrogens is 4. The van der Waals surface area contributed by atoms with E-state index in [1.165, 1.54) is 6.33 Å². The molecule has 0 bridgehead atoms. The highest BCUT2D eigenvalue weighted by molar-refractivity contribution is 6.31. The number of rotatable bonds is 8. The van der Waals surface area contributed by atoms with Crippen LogP contribution in [0.5, 0.6) is 5.75 Å². The molecule has 8 nitrogen and oxygen atoms in total. The average Bonchev–Trinajstić information content (AvgIpc) is 3.62. The molecule has 0 aliphatic carbocycles. The fraction of sp³-hybridized carbons (Fsp3) is 0.233. The van der Waals surface area contributed by atoms with Crippen LogP contribution in [-0.4, -0.2) is 43.9 Å². The number of aromatic amines is 1. The minimum Gasteiger partial charge on any atom is -0.494 e. The van der Waals surface area contributed by atoms with Crippen molar-refractivity contribution in [3.05, 3.63) is 112 Å². The number of nitrogens with zero attached hydrogens (tertiary/aromatic N) is 4. The Labute approximate surface area is 241 Å². The Hall–Kier alpha value is -4.01. The summed E-state index contributed by atoms with van der Waals surface area (Å²) < 4.78 is 13.5. The standard InChI is InChI=1S/C30H27Cl2N5O3/c31-22-8-11-27-25(16-22)24-12-14-37(30(38)40-17-21-4-1-2-5-26(21)32)29(28(24)35-27)20-6-9-23(10-7-20)39-15-3-13-36-19-33-18-34-36/h1-2,4-11,16,18-19,29,35H,3,12-15,17H2. The molecule has 3 aromatic carbocycles. The molecule has 1 unspecified atom stereocenters. The Balaban J connectivity index is 1.24. The highest BCUT2D eigenvalue weighted by Crippen LogP contribution is 2.40.